The van der Waals surface area contributed by atoms with Crippen LogP contribution in [0.4, 0.5) is 4.39 Å². The van der Waals surface area contributed by atoms with E-state index in [9.17, 15) is 9.50 Å². The highest BCUT2D eigenvalue weighted by Crippen LogP contribution is 2.36. The van der Waals surface area contributed by atoms with Gasteiger partial charge in [-0.3, -0.25) is 4.90 Å². The predicted molar refractivity (Wildman–Crippen MR) is 75.3 cm³/mol. The monoisotopic (exact) mass is 306 g/mol. The van der Waals surface area contributed by atoms with E-state index in [1.165, 1.54) is 12.1 Å². The number of rotatable bonds is 3. The second-order valence-corrected chi connectivity index (χ2v) is 5.73. The van der Waals surface area contributed by atoms with Gasteiger partial charge in [-0.2, -0.15) is 0 Å². The van der Waals surface area contributed by atoms with Gasteiger partial charge in [-0.15, -0.1) is 0 Å². The van der Waals surface area contributed by atoms with Crippen LogP contribution < -0.4 is 5.32 Å². The van der Waals surface area contributed by atoms with E-state index >= 15 is 0 Å². The van der Waals surface area contributed by atoms with E-state index in [2.05, 4.69) is 10.2 Å². The molecular weight excluding hydrogens is 290 g/mol. The fourth-order valence-electron chi connectivity index (χ4n) is 2.45. The van der Waals surface area contributed by atoms with Crippen molar-refractivity contribution in [3.63, 3.8) is 0 Å². The van der Waals surface area contributed by atoms with Crippen LogP contribution in [0, 0.1) is 5.82 Å². The molecule has 3 nitrogen and oxygen atoms in total. The first-order valence-electron chi connectivity index (χ1n) is 6.20. The Morgan fingerprint density at radius 3 is 2.53 bits per heavy atom. The summed E-state index contributed by atoms with van der Waals surface area (Å²) in [7, 11) is 0. The maximum Gasteiger partial charge on any atom is 0.142 e. The normalized spacial score (nSPS) is 20.3. The topological polar surface area (TPSA) is 35.5 Å². The summed E-state index contributed by atoms with van der Waals surface area (Å²) in [5, 5.41) is 13.4. The molecule has 1 unspecified atom stereocenters. The molecule has 1 aromatic carbocycles. The van der Waals surface area contributed by atoms with Crippen molar-refractivity contribution in [1.29, 1.82) is 0 Å². The molecule has 0 saturated carbocycles. The van der Waals surface area contributed by atoms with Crippen molar-refractivity contribution in [3.05, 3.63) is 33.6 Å². The summed E-state index contributed by atoms with van der Waals surface area (Å²) in [6.07, 6.45) is 0. The predicted octanol–water partition coefficient (Wildman–Crippen LogP) is 2.25. The lowest BCUT2D eigenvalue weighted by Crippen LogP contribution is -2.54. The van der Waals surface area contributed by atoms with E-state index in [0.717, 1.165) is 26.2 Å². The molecule has 1 aromatic rings. The zero-order chi connectivity index (χ0) is 14.0. The minimum atomic E-state index is -0.704. The molecule has 1 atom stereocenters. The Balaban J connectivity index is 2.42. The van der Waals surface area contributed by atoms with Gasteiger partial charge in [0.15, 0.2) is 0 Å². The maximum atomic E-state index is 13.7. The number of halogens is 3. The van der Waals surface area contributed by atoms with Crippen LogP contribution in [0.1, 0.15) is 12.5 Å². The van der Waals surface area contributed by atoms with Gasteiger partial charge in [-0.25, -0.2) is 4.39 Å². The van der Waals surface area contributed by atoms with Crippen molar-refractivity contribution < 1.29 is 9.50 Å². The molecule has 0 amide bonds. The molecule has 1 saturated heterocycles. The highest BCUT2D eigenvalue weighted by atomic mass is 35.5. The second-order valence-electron chi connectivity index (χ2n) is 4.92. The number of nitrogens with one attached hydrogen (secondary N) is 1. The lowest BCUT2D eigenvalue weighted by atomic mass is 9.90. The molecule has 19 heavy (non-hydrogen) atoms. The van der Waals surface area contributed by atoms with E-state index in [4.69, 9.17) is 23.2 Å². The summed E-state index contributed by atoms with van der Waals surface area (Å²) in [5.41, 5.74) is -0.134. The summed E-state index contributed by atoms with van der Waals surface area (Å²) >= 11 is 11.9. The zero-order valence-corrected chi connectivity index (χ0v) is 12.2. The summed E-state index contributed by atoms with van der Waals surface area (Å²) in [6, 6.07) is 2.72. The molecule has 0 bridgehead atoms. The Morgan fingerprint density at radius 1 is 1.32 bits per heavy atom. The van der Waals surface area contributed by atoms with Crippen LogP contribution in [-0.2, 0) is 5.54 Å². The van der Waals surface area contributed by atoms with Crippen molar-refractivity contribution in [3.8, 4) is 0 Å². The van der Waals surface area contributed by atoms with E-state index in [1.54, 1.807) is 0 Å². The number of hydrogen-bond donors (Lipinski definition) is 2. The zero-order valence-electron chi connectivity index (χ0n) is 10.7. The average molecular weight is 307 g/mol. The lowest BCUT2D eigenvalue weighted by molar-refractivity contribution is 0.0310. The Morgan fingerprint density at radius 2 is 1.95 bits per heavy atom. The molecule has 1 aliphatic heterocycles. The minimum Gasteiger partial charge on any atom is -0.394 e. The molecule has 2 rings (SSSR count). The number of nitrogens with zero attached hydrogens (tertiary/aromatic N) is 1. The molecule has 0 aromatic heterocycles. The number of piperazine rings is 1. The Labute approximate surface area is 122 Å². The molecule has 1 fully saturated rings. The van der Waals surface area contributed by atoms with Gasteiger partial charge in [0.1, 0.15) is 5.82 Å². The van der Waals surface area contributed by atoms with E-state index < -0.39 is 11.4 Å². The summed E-state index contributed by atoms with van der Waals surface area (Å²) in [4.78, 5) is 2.11. The third-order valence-electron chi connectivity index (χ3n) is 3.71. The van der Waals surface area contributed by atoms with Crippen molar-refractivity contribution in [1.82, 2.24) is 10.2 Å². The Hall–Kier alpha value is -0.390. The van der Waals surface area contributed by atoms with Crippen LogP contribution in [0.25, 0.3) is 0 Å². The molecule has 0 aliphatic carbocycles. The highest BCUT2D eigenvalue weighted by molar-refractivity contribution is 6.35. The van der Waals surface area contributed by atoms with E-state index in [0.29, 0.717) is 10.6 Å². The first-order chi connectivity index (χ1) is 8.99. The first kappa shape index (κ1) is 15.0. The fourth-order valence-corrected chi connectivity index (χ4v) is 3.04. The largest absolute Gasteiger partial charge is 0.394 e. The molecule has 6 heteroatoms. The summed E-state index contributed by atoms with van der Waals surface area (Å²) < 4.78 is 13.7. The first-order valence-corrected chi connectivity index (χ1v) is 6.96. The number of aliphatic hydroxyl groups is 1. The summed E-state index contributed by atoms with van der Waals surface area (Å²) in [5.74, 6) is -0.518. The molecule has 106 valence electrons. The maximum absolute atomic E-state index is 13.7. The van der Waals surface area contributed by atoms with Gasteiger partial charge in [0.2, 0.25) is 0 Å². The van der Waals surface area contributed by atoms with Gasteiger partial charge in [0.05, 0.1) is 17.2 Å². The van der Waals surface area contributed by atoms with Gasteiger partial charge in [0.25, 0.3) is 0 Å². The van der Waals surface area contributed by atoms with E-state index in [-0.39, 0.29) is 11.6 Å². The lowest BCUT2D eigenvalue weighted by Gasteiger charge is -2.43. The van der Waals surface area contributed by atoms with Crippen molar-refractivity contribution in [2.45, 2.75) is 12.5 Å². The number of benzene rings is 1. The number of hydrogen-bond acceptors (Lipinski definition) is 3. The van der Waals surface area contributed by atoms with Gasteiger partial charge in [-0.05, 0) is 24.6 Å². The van der Waals surface area contributed by atoms with Crippen molar-refractivity contribution >= 4 is 23.2 Å². The Kier molecular flexibility index (Phi) is 4.69. The second kappa shape index (κ2) is 5.94. The summed E-state index contributed by atoms with van der Waals surface area (Å²) in [6.45, 7) is 4.96. The molecular formula is C13H17Cl2FN2O. The van der Waals surface area contributed by atoms with Gasteiger partial charge >= 0.3 is 0 Å². The van der Waals surface area contributed by atoms with Crippen molar-refractivity contribution in [2.24, 2.45) is 0 Å². The van der Waals surface area contributed by atoms with Crippen LogP contribution in [0.3, 0.4) is 0 Å². The van der Waals surface area contributed by atoms with Crippen LogP contribution in [-0.4, -0.2) is 42.8 Å². The van der Waals surface area contributed by atoms with Gasteiger partial charge in [-0.1, -0.05) is 23.2 Å². The van der Waals surface area contributed by atoms with Gasteiger partial charge in [0, 0.05) is 31.2 Å². The van der Waals surface area contributed by atoms with Crippen LogP contribution in [0.15, 0.2) is 12.1 Å². The third-order valence-corrected chi connectivity index (χ3v) is 4.32. The molecule has 0 spiro atoms. The molecule has 2 N–H and O–H groups in total. The average Bonchev–Trinajstić information content (AvgIpc) is 2.43. The molecule has 1 aliphatic rings. The highest BCUT2D eigenvalue weighted by Gasteiger charge is 2.36. The smallest absolute Gasteiger partial charge is 0.142 e. The molecule has 1 heterocycles. The standard InChI is InChI=1S/C13H17Cl2FN2O/c1-13(8-19,18-4-2-17-3-5-18)9-6-12(16)11(15)7-10(9)14/h6-7,17,19H,2-5,8H2,1H3. The fraction of sp³-hybridized carbons (Fsp3) is 0.538. The van der Waals surface area contributed by atoms with Crippen LogP contribution in [0.5, 0.6) is 0 Å². The Bertz CT molecular complexity index is 466. The van der Waals surface area contributed by atoms with Crippen LogP contribution >= 0.6 is 23.2 Å². The molecule has 0 radical (unpaired) electrons. The third kappa shape index (κ3) is 2.88. The van der Waals surface area contributed by atoms with E-state index in [1.807, 2.05) is 6.92 Å². The number of aliphatic hydroxyl groups excluding tert-OH is 1. The van der Waals surface area contributed by atoms with Crippen molar-refractivity contribution in [2.75, 3.05) is 32.8 Å². The minimum absolute atomic E-state index is 0.00523. The van der Waals surface area contributed by atoms with Crippen LogP contribution in [0.2, 0.25) is 10.0 Å². The quantitative estimate of drug-likeness (QED) is 0.841. The van der Waals surface area contributed by atoms with Gasteiger partial charge < -0.3 is 10.4 Å². The SMILES string of the molecule is CC(CO)(c1cc(F)c(Cl)cc1Cl)N1CCNCC1.